The molecule has 1 aromatic heterocycles. The lowest BCUT2D eigenvalue weighted by Gasteiger charge is -2.32. The van der Waals surface area contributed by atoms with E-state index in [4.69, 9.17) is 13.7 Å². The van der Waals surface area contributed by atoms with Crippen molar-refractivity contribution in [3.63, 3.8) is 0 Å². The maximum Gasteiger partial charge on any atom is 0.496 e. The Balaban J connectivity index is 1.74. The summed E-state index contributed by atoms with van der Waals surface area (Å²) in [4.78, 5) is 0. The molecule has 0 atom stereocenters. The van der Waals surface area contributed by atoms with E-state index >= 15 is 0 Å². The number of hydrogen-bond donors (Lipinski definition) is 0. The lowest BCUT2D eigenvalue weighted by molar-refractivity contribution is 0.00578. The van der Waals surface area contributed by atoms with Crippen LogP contribution >= 0.6 is 0 Å². The third-order valence-corrected chi connectivity index (χ3v) is 6.88. The smallest absolute Gasteiger partial charge is 0.456 e. The summed E-state index contributed by atoms with van der Waals surface area (Å²) >= 11 is 0. The fraction of sp³-hybridized carbons (Fsp3) is 0.231. The molecule has 0 amide bonds. The van der Waals surface area contributed by atoms with Gasteiger partial charge >= 0.3 is 7.12 Å². The second-order valence-electron chi connectivity index (χ2n) is 9.27. The standard InChI is InChI=1S/C26H23BO3/c1-25(2)26(3,4)30-27(29-25)24-19-12-8-7-11-18(19)15-22-23(24)20-13-16-9-5-6-10-17(16)14-21(20)28-22/h5-15H,1-4H3. The third kappa shape index (κ3) is 2.41. The molecule has 4 heteroatoms. The molecule has 0 spiro atoms. The molecule has 30 heavy (non-hydrogen) atoms. The predicted molar refractivity (Wildman–Crippen MR) is 124 cm³/mol. The molecule has 2 heterocycles. The Hall–Kier alpha value is -2.82. The third-order valence-electron chi connectivity index (χ3n) is 6.88. The monoisotopic (exact) mass is 394 g/mol. The first-order chi connectivity index (χ1) is 14.3. The zero-order valence-electron chi connectivity index (χ0n) is 17.7. The van der Waals surface area contributed by atoms with Crippen LogP contribution in [-0.2, 0) is 9.31 Å². The highest BCUT2D eigenvalue weighted by Gasteiger charge is 2.52. The summed E-state index contributed by atoms with van der Waals surface area (Å²) < 4.78 is 19.4. The van der Waals surface area contributed by atoms with Crippen LogP contribution in [0, 0.1) is 0 Å². The van der Waals surface area contributed by atoms with Crippen LogP contribution in [0.4, 0.5) is 0 Å². The van der Waals surface area contributed by atoms with Crippen LogP contribution in [0.25, 0.3) is 43.5 Å². The van der Waals surface area contributed by atoms with Gasteiger partial charge in [-0.2, -0.15) is 0 Å². The molecule has 3 nitrogen and oxygen atoms in total. The second kappa shape index (κ2) is 5.87. The molecular weight excluding hydrogens is 371 g/mol. The molecule has 0 aliphatic carbocycles. The van der Waals surface area contributed by atoms with Crippen LogP contribution in [0.3, 0.4) is 0 Å². The molecule has 0 N–H and O–H groups in total. The fourth-order valence-corrected chi connectivity index (χ4v) is 4.53. The second-order valence-corrected chi connectivity index (χ2v) is 9.27. The van der Waals surface area contributed by atoms with Gasteiger partial charge in [0.25, 0.3) is 0 Å². The van der Waals surface area contributed by atoms with E-state index < -0.39 is 18.3 Å². The zero-order chi connectivity index (χ0) is 20.7. The van der Waals surface area contributed by atoms with Crippen LogP contribution in [-0.4, -0.2) is 18.3 Å². The van der Waals surface area contributed by atoms with Crippen LogP contribution < -0.4 is 5.46 Å². The van der Waals surface area contributed by atoms with Crippen molar-refractivity contribution in [2.45, 2.75) is 38.9 Å². The van der Waals surface area contributed by atoms with Crippen molar-refractivity contribution in [1.82, 2.24) is 0 Å². The van der Waals surface area contributed by atoms with Gasteiger partial charge in [0, 0.05) is 16.2 Å². The Morgan fingerprint density at radius 2 is 1.20 bits per heavy atom. The van der Waals surface area contributed by atoms with Crippen LogP contribution in [0.2, 0.25) is 0 Å². The lowest BCUT2D eigenvalue weighted by atomic mass is 9.73. The van der Waals surface area contributed by atoms with E-state index in [0.29, 0.717) is 0 Å². The van der Waals surface area contributed by atoms with E-state index in [9.17, 15) is 0 Å². The lowest BCUT2D eigenvalue weighted by Crippen LogP contribution is -2.41. The van der Waals surface area contributed by atoms with Crippen LogP contribution in [0.5, 0.6) is 0 Å². The minimum absolute atomic E-state index is 0.410. The first-order valence-corrected chi connectivity index (χ1v) is 10.5. The van der Waals surface area contributed by atoms with Crippen molar-refractivity contribution in [3.05, 3.63) is 66.7 Å². The minimum Gasteiger partial charge on any atom is -0.456 e. The van der Waals surface area contributed by atoms with Crippen molar-refractivity contribution >= 4 is 56.1 Å². The molecule has 0 saturated carbocycles. The van der Waals surface area contributed by atoms with Crippen molar-refractivity contribution in [1.29, 1.82) is 0 Å². The van der Waals surface area contributed by atoms with Gasteiger partial charge in [-0.05, 0) is 67.4 Å². The van der Waals surface area contributed by atoms with Gasteiger partial charge in [-0.25, -0.2) is 0 Å². The van der Waals surface area contributed by atoms with E-state index in [2.05, 4.69) is 94.4 Å². The van der Waals surface area contributed by atoms with Gasteiger partial charge in [-0.1, -0.05) is 48.5 Å². The highest BCUT2D eigenvalue weighted by Crippen LogP contribution is 2.40. The van der Waals surface area contributed by atoms with Gasteiger partial charge in [-0.3, -0.25) is 0 Å². The van der Waals surface area contributed by atoms with Crippen molar-refractivity contribution < 1.29 is 13.7 Å². The van der Waals surface area contributed by atoms with Crippen molar-refractivity contribution in [2.75, 3.05) is 0 Å². The average molecular weight is 394 g/mol. The molecule has 0 unspecified atom stereocenters. The summed E-state index contributed by atoms with van der Waals surface area (Å²) in [6.07, 6.45) is 0. The SMILES string of the molecule is CC1(C)OB(c2c3ccccc3cc3oc4cc5ccccc5cc4c23)OC1(C)C. The summed E-state index contributed by atoms with van der Waals surface area (Å²) in [5.74, 6) is 0. The number of rotatable bonds is 1. The Labute approximate surface area is 175 Å². The summed E-state index contributed by atoms with van der Waals surface area (Å²) in [5.41, 5.74) is 1.98. The number of hydrogen-bond acceptors (Lipinski definition) is 3. The molecule has 6 rings (SSSR count). The molecule has 148 valence electrons. The quantitative estimate of drug-likeness (QED) is 0.318. The molecule has 0 radical (unpaired) electrons. The summed E-state index contributed by atoms with van der Waals surface area (Å²) in [7, 11) is -0.462. The van der Waals surface area contributed by atoms with Crippen molar-refractivity contribution in [2.24, 2.45) is 0 Å². The molecule has 5 aromatic rings. The summed E-state index contributed by atoms with van der Waals surface area (Å²) in [5, 5.41) is 6.80. The van der Waals surface area contributed by atoms with Crippen LogP contribution in [0.15, 0.2) is 71.1 Å². The Morgan fingerprint density at radius 3 is 1.90 bits per heavy atom. The Morgan fingerprint density at radius 1 is 0.633 bits per heavy atom. The largest absolute Gasteiger partial charge is 0.496 e. The minimum atomic E-state index is -0.462. The Bertz CT molecular complexity index is 1450. The number of furan rings is 1. The maximum atomic E-state index is 6.51. The Kier molecular flexibility index (Phi) is 3.52. The fourth-order valence-electron chi connectivity index (χ4n) is 4.53. The molecular formula is C26H23BO3. The van der Waals surface area contributed by atoms with Gasteiger partial charge in [0.1, 0.15) is 11.2 Å². The van der Waals surface area contributed by atoms with Gasteiger partial charge in [0.05, 0.1) is 11.2 Å². The molecule has 1 fully saturated rings. The van der Waals surface area contributed by atoms with Gasteiger partial charge in [0.15, 0.2) is 0 Å². The number of fused-ring (bicyclic) bond motifs is 5. The van der Waals surface area contributed by atoms with Crippen LogP contribution in [0.1, 0.15) is 27.7 Å². The van der Waals surface area contributed by atoms with Gasteiger partial charge in [-0.15, -0.1) is 0 Å². The predicted octanol–water partition coefficient (Wildman–Crippen LogP) is 6.19. The van der Waals surface area contributed by atoms with Gasteiger partial charge in [0.2, 0.25) is 0 Å². The molecule has 0 bridgehead atoms. The van der Waals surface area contributed by atoms with Gasteiger partial charge < -0.3 is 13.7 Å². The molecule has 1 aliphatic rings. The van der Waals surface area contributed by atoms with E-state index in [-0.39, 0.29) is 0 Å². The highest BCUT2D eigenvalue weighted by atomic mass is 16.7. The van der Waals surface area contributed by atoms with Crippen molar-refractivity contribution in [3.8, 4) is 0 Å². The highest BCUT2D eigenvalue weighted by molar-refractivity contribution is 6.69. The van der Waals surface area contributed by atoms with E-state index in [1.165, 1.54) is 10.8 Å². The summed E-state index contributed by atoms with van der Waals surface area (Å²) in [6, 6.07) is 23.3. The first-order valence-electron chi connectivity index (χ1n) is 10.5. The first kappa shape index (κ1) is 18.0. The number of benzene rings is 4. The zero-order valence-corrected chi connectivity index (χ0v) is 17.7. The van der Waals surface area contributed by atoms with E-state index in [0.717, 1.165) is 38.2 Å². The van der Waals surface area contributed by atoms with E-state index in [1.807, 2.05) is 0 Å². The maximum absolute atomic E-state index is 6.51. The molecule has 1 saturated heterocycles. The normalized spacial score (nSPS) is 18.2. The molecule has 4 aromatic carbocycles. The molecule has 1 aliphatic heterocycles. The topological polar surface area (TPSA) is 31.6 Å². The average Bonchev–Trinajstić information content (AvgIpc) is 3.16. The van der Waals surface area contributed by atoms with E-state index in [1.54, 1.807) is 0 Å². The summed E-state index contributed by atoms with van der Waals surface area (Å²) in [6.45, 7) is 8.37.